The van der Waals surface area contributed by atoms with Gasteiger partial charge in [0.2, 0.25) is 11.7 Å². The summed E-state index contributed by atoms with van der Waals surface area (Å²) < 4.78 is 64.7. The fourth-order valence-corrected chi connectivity index (χ4v) is 2.64. The van der Waals surface area contributed by atoms with Gasteiger partial charge in [-0.1, -0.05) is 0 Å². The molecule has 0 unspecified atom stereocenters. The smallest absolute Gasteiger partial charge is 0.313 e. The number of nitrogens with one attached hydrogen (secondary N) is 1. The van der Waals surface area contributed by atoms with Crippen molar-refractivity contribution >= 4 is 11.9 Å². The molecule has 1 rings (SSSR count). The summed E-state index contributed by atoms with van der Waals surface area (Å²) in [6.45, 7) is 6.40. The Morgan fingerprint density at radius 3 is 1.54 bits per heavy atom. The Morgan fingerprint density at radius 2 is 1.14 bits per heavy atom. The van der Waals surface area contributed by atoms with E-state index in [1.165, 1.54) is 6.92 Å². The van der Waals surface area contributed by atoms with Gasteiger partial charge >= 0.3 is 5.97 Å². The van der Waals surface area contributed by atoms with Crippen LogP contribution in [0.25, 0.3) is 0 Å². The quantitative estimate of drug-likeness (QED) is 0.118. The van der Waals surface area contributed by atoms with Crippen molar-refractivity contribution in [2.75, 3.05) is 85.8 Å². The van der Waals surface area contributed by atoms with Gasteiger partial charge in [0.05, 0.1) is 85.7 Å². The Morgan fingerprint density at radius 1 is 0.730 bits per heavy atom. The summed E-state index contributed by atoms with van der Waals surface area (Å²) >= 11 is 0. The van der Waals surface area contributed by atoms with Crippen LogP contribution in [0.5, 0.6) is 5.75 Å². The van der Waals surface area contributed by atoms with E-state index in [2.05, 4.69) is 5.32 Å². The zero-order valence-corrected chi connectivity index (χ0v) is 21.3. The van der Waals surface area contributed by atoms with E-state index < -0.39 is 23.4 Å². The van der Waals surface area contributed by atoms with Crippen molar-refractivity contribution in [3.8, 4) is 5.75 Å². The topological polar surface area (TPSA) is 137 Å². The minimum Gasteiger partial charge on any atom is -0.420 e. The van der Waals surface area contributed by atoms with Crippen LogP contribution in [0.1, 0.15) is 18.9 Å². The van der Waals surface area contributed by atoms with E-state index in [-0.39, 0.29) is 37.6 Å². The minimum atomic E-state index is -1.04. The first-order valence-corrected chi connectivity index (χ1v) is 12.0. The average molecular weight is 537 g/mol. The Labute approximate surface area is 215 Å². The molecule has 0 aliphatic heterocycles. The molecule has 13 heteroatoms. The third kappa shape index (κ3) is 17.8. The molecule has 1 amide bonds. The van der Waals surface area contributed by atoms with Crippen LogP contribution in [-0.2, 0) is 44.6 Å². The highest BCUT2D eigenvalue weighted by molar-refractivity contribution is 5.73. The maximum atomic E-state index is 14.1. The zero-order chi connectivity index (χ0) is 27.1. The second-order valence-electron chi connectivity index (χ2n) is 7.49. The highest BCUT2D eigenvalue weighted by Gasteiger charge is 2.16. The number of amides is 1. The molecule has 11 nitrogen and oxygen atoms in total. The maximum absolute atomic E-state index is 14.1. The molecule has 37 heavy (non-hydrogen) atoms. The molecule has 0 bridgehead atoms. The lowest BCUT2D eigenvalue weighted by atomic mass is 10.2. The fraction of sp³-hybridized carbons (Fsp3) is 0.667. The van der Waals surface area contributed by atoms with Crippen LogP contribution in [0.2, 0.25) is 0 Å². The van der Waals surface area contributed by atoms with Crippen molar-refractivity contribution < 1.29 is 51.5 Å². The Balaban J connectivity index is 1.95. The number of hydrogen-bond donors (Lipinski definition) is 2. The second kappa shape index (κ2) is 21.8. The van der Waals surface area contributed by atoms with Crippen molar-refractivity contribution in [2.24, 2.45) is 5.73 Å². The lowest BCUT2D eigenvalue weighted by molar-refractivity contribution is -0.136. The lowest BCUT2D eigenvalue weighted by Gasteiger charge is -2.10. The van der Waals surface area contributed by atoms with Gasteiger partial charge in [-0.15, -0.1) is 0 Å². The van der Waals surface area contributed by atoms with Crippen LogP contribution in [0.15, 0.2) is 12.1 Å². The van der Waals surface area contributed by atoms with Crippen LogP contribution < -0.4 is 15.8 Å². The second-order valence-corrected chi connectivity index (χ2v) is 7.49. The first-order chi connectivity index (χ1) is 17.9. The van der Waals surface area contributed by atoms with Gasteiger partial charge in [0.25, 0.3) is 0 Å². The van der Waals surface area contributed by atoms with Crippen molar-refractivity contribution in [3.63, 3.8) is 0 Å². The van der Waals surface area contributed by atoms with E-state index in [4.69, 9.17) is 38.9 Å². The summed E-state index contributed by atoms with van der Waals surface area (Å²) in [7, 11) is 0. The van der Waals surface area contributed by atoms with E-state index >= 15 is 0 Å². The Kier molecular flexibility index (Phi) is 19.3. The number of halogens is 2. The number of hydrogen-bond acceptors (Lipinski definition) is 10. The summed E-state index contributed by atoms with van der Waals surface area (Å²) in [5.74, 6) is -4.04. The average Bonchev–Trinajstić information content (AvgIpc) is 2.86. The Hall–Kier alpha value is -2.26. The van der Waals surface area contributed by atoms with Gasteiger partial charge in [-0.05, 0) is 17.7 Å². The third-order valence-electron chi connectivity index (χ3n) is 4.39. The van der Waals surface area contributed by atoms with E-state index in [1.807, 2.05) is 0 Å². The van der Waals surface area contributed by atoms with Crippen molar-refractivity contribution in [2.45, 2.75) is 19.9 Å². The Bertz CT molecular complexity index is 749. The first kappa shape index (κ1) is 32.8. The van der Waals surface area contributed by atoms with Gasteiger partial charge in [0, 0.05) is 20.0 Å². The maximum Gasteiger partial charge on any atom is 0.313 e. The number of ether oxygens (including phenoxy) is 7. The number of carbonyl (C=O) groups excluding carboxylic acids is 2. The molecule has 0 heterocycles. The molecule has 0 fully saturated rings. The number of benzene rings is 1. The molecule has 0 atom stereocenters. The van der Waals surface area contributed by atoms with E-state index in [9.17, 15) is 18.4 Å². The van der Waals surface area contributed by atoms with Gasteiger partial charge in [0.1, 0.15) is 0 Å². The molecule has 0 saturated carbocycles. The SMILES string of the molecule is CC(=O)NCc1cc(F)c(OC(=O)CCOCCOCCOCCOCCOCCOCCN)c(F)c1. The number of carbonyl (C=O) groups is 2. The number of rotatable bonds is 23. The van der Waals surface area contributed by atoms with Crippen LogP contribution >= 0.6 is 0 Å². The highest BCUT2D eigenvalue weighted by atomic mass is 19.1. The van der Waals surface area contributed by atoms with E-state index in [1.54, 1.807) is 0 Å². The van der Waals surface area contributed by atoms with Gasteiger partial charge in [0.15, 0.2) is 11.6 Å². The van der Waals surface area contributed by atoms with Crippen LogP contribution in [0.3, 0.4) is 0 Å². The largest absolute Gasteiger partial charge is 0.420 e. The lowest BCUT2D eigenvalue weighted by Crippen LogP contribution is -2.19. The highest BCUT2D eigenvalue weighted by Crippen LogP contribution is 2.23. The molecule has 1 aromatic rings. The number of esters is 1. The molecule has 1 aromatic carbocycles. The fourth-order valence-electron chi connectivity index (χ4n) is 2.64. The predicted molar refractivity (Wildman–Crippen MR) is 128 cm³/mol. The van der Waals surface area contributed by atoms with Crippen molar-refractivity contribution in [1.82, 2.24) is 5.32 Å². The van der Waals surface area contributed by atoms with Crippen molar-refractivity contribution in [3.05, 3.63) is 29.3 Å². The molecule has 0 radical (unpaired) electrons. The summed E-state index contributed by atoms with van der Waals surface area (Å²) in [6.07, 6.45) is -0.192. The van der Waals surface area contributed by atoms with E-state index in [0.29, 0.717) is 72.6 Å². The zero-order valence-electron chi connectivity index (χ0n) is 21.3. The first-order valence-electron chi connectivity index (χ1n) is 12.0. The van der Waals surface area contributed by atoms with Gasteiger partial charge < -0.3 is 44.2 Å². The summed E-state index contributed by atoms with van der Waals surface area (Å²) in [6, 6.07) is 1.98. The van der Waals surface area contributed by atoms with Crippen LogP contribution in [-0.4, -0.2) is 97.7 Å². The summed E-state index contributed by atoms with van der Waals surface area (Å²) in [5, 5.41) is 2.43. The molecule has 3 N–H and O–H groups in total. The third-order valence-corrected chi connectivity index (χ3v) is 4.39. The van der Waals surface area contributed by atoms with Gasteiger partial charge in [-0.3, -0.25) is 9.59 Å². The normalized spacial score (nSPS) is 11.0. The molecule has 212 valence electrons. The molecule has 0 aromatic heterocycles. The molecule has 0 aliphatic rings. The monoisotopic (exact) mass is 536 g/mol. The van der Waals surface area contributed by atoms with Gasteiger partial charge in [-0.25, -0.2) is 8.78 Å². The molecular weight excluding hydrogens is 498 g/mol. The van der Waals surface area contributed by atoms with Gasteiger partial charge in [-0.2, -0.15) is 0 Å². The number of nitrogens with two attached hydrogens (primary N) is 1. The predicted octanol–water partition coefficient (Wildman–Crippen LogP) is 0.955. The minimum absolute atomic E-state index is 0.00429. The molecule has 0 aliphatic carbocycles. The van der Waals surface area contributed by atoms with Crippen LogP contribution in [0.4, 0.5) is 8.78 Å². The standard InChI is InChI=1S/C24H38F2N2O9/c1-19(29)28-18-20-16-21(25)24(22(26)17-20)37-23(30)2-4-31-6-8-33-10-12-35-14-15-36-13-11-34-9-7-32-5-3-27/h16-17H,2-15,18,27H2,1H3,(H,28,29). The molecule has 0 spiro atoms. The molecule has 0 saturated heterocycles. The summed E-state index contributed by atoms with van der Waals surface area (Å²) in [5.41, 5.74) is 5.50. The molecular formula is C24H38F2N2O9. The van der Waals surface area contributed by atoms with Crippen molar-refractivity contribution in [1.29, 1.82) is 0 Å². The summed E-state index contributed by atoms with van der Waals surface area (Å²) in [4.78, 5) is 22.7. The van der Waals surface area contributed by atoms with Crippen LogP contribution in [0, 0.1) is 11.6 Å². The van der Waals surface area contributed by atoms with E-state index in [0.717, 1.165) is 12.1 Å².